The predicted octanol–water partition coefficient (Wildman–Crippen LogP) is 3.67. The number of pyridine rings is 1. The van der Waals surface area contributed by atoms with Gasteiger partial charge in [-0.25, -0.2) is 4.98 Å². The number of nitrogens with one attached hydrogen (secondary N) is 2. The second-order valence-corrected chi connectivity index (χ2v) is 8.15. The quantitative estimate of drug-likeness (QED) is 0.653. The number of ketones is 2. The van der Waals surface area contributed by atoms with E-state index in [9.17, 15) is 14.4 Å². The molecule has 0 aromatic carbocycles. The fourth-order valence-corrected chi connectivity index (χ4v) is 4.17. The first-order valence-electron chi connectivity index (χ1n) is 10.2. The lowest BCUT2D eigenvalue weighted by Gasteiger charge is -2.30. The number of aryl methyl sites for hydroxylation is 1. The maximum absolute atomic E-state index is 12.9. The van der Waals surface area contributed by atoms with E-state index < -0.39 is 0 Å². The number of halogens is 1. The predicted molar refractivity (Wildman–Crippen MR) is 116 cm³/mol. The van der Waals surface area contributed by atoms with Gasteiger partial charge in [0.25, 0.3) is 0 Å². The SMILES string of the molecule is CCc1c(C(=O)CN2CCC(C(=O)Nc3ccc(Cl)cn3)CC2)[nH]c(C)c1C(C)=O. The lowest BCUT2D eigenvalue weighted by molar-refractivity contribution is -0.121. The molecule has 1 saturated heterocycles. The number of carbonyl (C=O) groups excluding carboxylic acids is 3. The average molecular weight is 431 g/mol. The molecule has 0 saturated carbocycles. The van der Waals surface area contributed by atoms with Gasteiger partial charge in [-0.3, -0.25) is 19.3 Å². The number of carbonyl (C=O) groups is 3. The number of likely N-dealkylation sites (tertiary alicyclic amines) is 1. The molecule has 2 aromatic rings. The van der Waals surface area contributed by atoms with Gasteiger partial charge >= 0.3 is 0 Å². The molecule has 0 bridgehead atoms. The Hall–Kier alpha value is -2.51. The van der Waals surface area contributed by atoms with Gasteiger partial charge in [0.05, 0.1) is 17.3 Å². The van der Waals surface area contributed by atoms with Crippen molar-refractivity contribution in [2.45, 2.75) is 40.0 Å². The van der Waals surface area contributed by atoms with Crippen molar-refractivity contribution in [1.82, 2.24) is 14.9 Å². The zero-order chi connectivity index (χ0) is 21.8. The molecule has 3 heterocycles. The number of anilines is 1. The number of rotatable bonds is 7. The standard InChI is InChI=1S/C22H27ClN4O3/c1-4-17-20(14(3)28)13(2)25-21(17)18(29)12-27-9-7-15(8-10-27)22(30)26-19-6-5-16(23)11-24-19/h5-6,11,15,25H,4,7-10,12H2,1-3H3,(H,24,26,30). The van der Waals surface area contributed by atoms with Crippen LogP contribution in [-0.4, -0.2) is 52.0 Å². The Morgan fingerprint density at radius 2 is 1.97 bits per heavy atom. The van der Waals surface area contributed by atoms with Gasteiger partial charge in [-0.2, -0.15) is 0 Å². The Morgan fingerprint density at radius 1 is 1.27 bits per heavy atom. The van der Waals surface area contributed by atoms with Crippen LogP contribution in [0.15, 0.2) is 18.3 Å². The van der Waals surface area contributed by atoms with E-state index in [-0.39, 0.29) is 29.9 Å². The molecule has 0 radical (unpaired) electrons. The molecule has 1 aliphatic rings. The molecule has 7 nitrogen and oxygen atoms in total. The van der Waals surface area contributed by atoms with Crippen LogP contribution in [0.4, 0.5) is 5.82 Å². The highest BCUT2D eigenvalue weighted by atomic mass is 35.5. The topological polar surface area (TPSA) is 95.2 Å². The van der Waals surface area contributed by atoms with Crippen molar-refractivity contribution >= 4 is 34.9 Å². The van der Waals surface area contributed by atoms with Crippen molar-refractivity contribution in [2.24, 2.45) is 5.92 Å². The van der Waals surface area contributed by atoms with Gasteiger partial charge < -0.3 is 10.3 Å². The highest BCUT2D eigenvalue weighted by Gasteiger charge is 2.28. The van der Waals surface area contributed by atoms with E-state index in [2.05, 4.69) is 20.2 Å². The van der Waals surface area contributed by atoms with Crippen LogP contribution in [0.25, 0.3) is 0 Å². The number of Topliss-reactive ketones (excluding diaryl/α,β-unsaturated/α-hetero) is 2. The molecule has 0 aliphatic carbocycles. The van der Waals surface area contributed by atoms with Crippen molar-refractivity contribution in [3.63, 3.8) is 0 Å². The molecule has 30 heavy (non-hydrogen) atoms. The molecule has 0 spiro atoms. The van der Waals surface area contributed by atoms with Crippen molar-refractivity contribution < 1.29 is 14.4 Å². The van der Waals surface area contributed by atoms with Crippen LogP contribution < -0.4 is 5.32 Å². The summed E-state index contributed by atoms with van der Waals surface area (Å²) in [5.41, 5.74) is 2.71. The first-order valence-corrected chi connectivity index (χ1v) is 10.6. The van der Waals surface area contributed by atoms with Gasteiger partial charge in [0, 0.05) is 23.4 Å². The zero-order valence-corrected chi connectivity index (χ0v) is 18.3. The number of hydrogen-bond acceptors (Lipinski definition) is 5. The van der Waals surface area contributed by atoms with Gasteiger partial charge in [0.1, 0.15) is 5.82 Å². The van der Waals surface area contributed by atoms with E-state index in [4.69, 9.17) is 11.6 Å². The van der Waals surface area contributed by atoms with Crippen molar-refractivity contribution in [3.8, 4) is 0 Å². The molecule has 8 heteroatoms. The van der Waals surface area contributed by atoms with Crippen LogP contribution in [-0.2, 0) is 11.2 Å². The summed E-state index contributed by atoms with van der Waals surface area (Å²) < 4.78 is 0. The minimum atomic E-state index is -0.114. The first-order chi connectivity index (χ1) is 14.3. The van der Waals surface area contributed by atoms with E-state index in [0.717, 1.165) is 11.3 Å². The van der Waals surface area contributed by atoms with Crippen molar-refractivity contribution in [2.75, 3.05) is 25.0 Å². The van der Waals surface area contributed by atoms with Gasteiger partial charge in [0.15, 0.2) is 11.6 Å². The van der Waals surface area contributed by atoms with Crippen LogP contribution in [0.1, 0.15) is 58.8 Å². The molecular weight excluding hydrogens is 404 g/mol. The molecule has 0 atom stereocenters. The van der Waals surface area contributed by atoms with E-state index in [0.29, 0.717) is 54.4 Å². The smallest absolute Gasteiger partial charge is 0.228 e. The molecule has 0 unspecified atom stereocenters. The van der Waals surface area contributed by atoms with Gasteiger partial charge in [0.2, 0.25) is 5.91 Å². The summed E-state index contributed by atoms with van der Waals surface area (Å²) in [7, 11) is 0. The number of nitrogens with zero attached hydrogens (tertiary/aromatic N) is 2. The fourth-order valence-electron chi connectivity index (χ4n) is 4.06. The highest BCUT2D eigenvalue weighted by molar-refractivity contribution is 6.30. The fraction of sp³-hybridized carbons (Fsp3) is 0.455. The average Bonchev–Trinajstić information content (AvgIpc) is 3.07. The second kappa shape index (κ2) is 9.53. The Kier molecular flexibility index (Phi) is 7.05. The van der Waals surface area contributed by atoms with Crippen LogP contribution in [0, 0.1) is 12.8 Å². The Bertz CT molecular complexity index is 944. The summed E-state index contributed by atoms with van der Waals surface area (Å²) in [5, 5.41) is 3.34. The summed E-state index contributed by atoms with van der Waals surface area (Å²) in [4.78, 5) is 46.6. The minimum absolute atomic E-state index is 0.0179. The Balaban J connectivity index is 1.56. The third-order valence-corrected chi connectivity index (χ3v) is 5.80. The zero-order valence-electron chi connectivity index (χ0n) is 17.5. The first kappa shape index (κ1) is 22.2. The lowest BCUT2D eigenvalue weighted by atomic mass is 9.95. The number of hydrogen-bond donors (Lipinski definition) is 2. The van der Waals surface area contributed by atoms with E-state index >= 15 is 0 Å². The minimum Gasteiger partial charge on any atom is -0.355 e. The van der Waals surface area contributed by atoms with E-state index in [1.165, 1.54) is 13.1 Å². The van der Waals surface area contributed by atoms with Gasteiger partial charge in [-0.05, 0) is 63.9 Å². The summed E-state index contributed by atoms with van der Waals surface area (Å²) in [5.74, 6) is 0.266. The third-order valence-electron chi connectivity index (χ3n) is 5.58. The number of amides is 1. The summed E-state index contributed by atoms with van der Waals surface area (Å²) >= 11 is 5.82. The van der Waals surface area contributed by atoms with E-state index in [1.54, 1.807) is 12.1 Å². The molecule has 1 aliphatic heterocycles. The molecular formula is C22H27ClN4O3. The Morgan fingerprint density at radius 3 is 2.53 bits per heavy atom. The van der Waals surface area contributed by atoms with E-state index in [1.807, 2.05) is 13.8 Å². The highest BCUT2D eigenvalue weighted by Crippen LogP contribution is 2.23. The van der Waals surface area contributed by atoms with Crippen molar-refractivity contribution in [3.05, 3.63) is 45.9 Å². The van der Waals surface area contributed by atoms with Crippen LogP contribution in [0.5, 0.6) is 0 Å². The van der Waals surface area contributed by atoms with Gasteiger partial charge in [-0.1, -0.05) is 18.5 Å². The van der Waals surface area contributed by atoms with Crippen molar-refractivity contribution in [1.29, 1.82) is 0 Å². The Labute approximate surface area is 181 Å². The largest absolute Gasteiger partial charge is 0.355 e. The number of aromatic nitrogens is 2. The second-order valence-electron chi connectivity index (χ2n) is 7.71. The van der Waals surface area contributed by atoms with Crippen LogP contribution >= 0.6 is 11.6 Å². The lowest BCUT2D eigenvalue weighted by Crippen LogP contribution is -2.40. The summed E-state index contributed by atoms with van der Waals surface area (Å²) in [6.07, 6.45) is 3.47. The molecule has 2 aromatic heterocycles. The van der Waals surface area contributed by atoms with Crippen LogP contribution in [0.2, 0.25) is 5.02 Å². The van der Waals surface area contributed by atoms with Crippen LogP contribution in [0.3, 0.4) is 0 Å². The maximum Gasteiger partial charge on any atom is 0.228 e. The molecule has 1 fully saturated rings. The molecule has 2 N–H and O–H groups in total. The number of piperidine rings is 1. The third kappa shape index (κ3) is 4.96. The normalized spacial score (nSPS) is 15.2. The molecule has 1 amide bonds. The molecule has 160 valence electrons. The summed E-state index contributed by atoms with van der Waals surface area (Å²) in [6.45, 7) is 6.91. The van der Waals surface area contributed by atoms with Gasteiger partial charge in [-0.15, -0.1) is 0 Å². The molecule has 3 rings (SSSR count). The number of aromatic amines is 1. The number of H-pyrrole nitrogens is 1. The monoisotopic (exact) mass is 430 g/mol. The summed E-state index contributed by atoms with van der Waals surface area (Å²) in [6, 6.07) is 3.36. The maximum atomic E-state index is 12.9.